The molecule has 0 radical (unpaired) electrons. The van der Waals surface area contributed by atoms with Crippen LogP contribution in [0.1, 0.15) is 56.2 Å². The molecule has 0 bridgehead atoms. The molecular weight excluding hydrogens is 399 g/mol. The Labute approximate surface area is 181 Å². The minimum Gasteiger partial charge on any atom is -0.467 e. The summed E-state index contributed by atoms with van der Waals surface area (Å²) in [5.74, 6) is 0.687. The number of amides is 1. The minimum absolute atomic E-state index is 0.0267. The summed E-state index contributed by atoms with van der Waals surface area (Å²) in [6.07, 6.45) is 5.31. The fourth-order valence-corrected chi connectivity index (χ4v) is 4.26. The molecule has 4 rings (SSSR count). The third-order valence-corrected chi connectivity index (χ3v) is 5.95. The van der Waals surface area contributed by atoms with Gasteiger partial charge in [0.2, 0.25) is 17.8 Å². The van der Waals surface area contributed by atoms with Crippen molar-refractivity contribution in [3.8, 4) is 6.01 Å². The van der Waals surface area contributed by atoms with Gasteiger partial charge in [0.25, 0.3) is 0 Å². The lowest BCUT2D eigenvalue weighted by Crippen LogP contribution is -2.28. The first-order valence-electron chi connectivity index (χ1n) is 10.9. The lowest BCUT2D eigenvalue weighted by molar-refractivity contribution is -0.129. The molecule has 0 spiro atoms. The van der Waals surface area contributed by atoms with Crippen molar-refractivity contribution in [2.24, 2.45) is 0 Å². The van der Waals surface area contributed by atoms with E-state index >= 15 is 0 Å². The van der Waals surface area contributed by atoms with Crippen molar-refractivity contribution >= 4 is 17.8 Å². The fraction of sp³-hybridized carbons (Fsp3) is 0.545. The van der Waals surface area contributed by atoms with Gasteiger partial charge < -0.3 is 19.9 Å². The zero-order valence-electron chi connectivity index (χ0n) is 18.1. The molecule has 9 heteroatoms. The zero-order valence-corrected chi connectivity index (χ0v) is 18.1. The van der Waals surface area contributed by atoms with Crippen molar-refractivity contribution in [2.75, 3.05) is 37.0 Å². The maximum absolute atomic E-state index is 13.9. The van der Waals surface area contributed by atoms with E-state index in [4.69, 9.17) is 4.74 Å². The van der Waals surface area contributed by atoms with Crippen molar-refractivity contribution in [3.05, 3.63) is 35.1 Å². The van der Waals surface area contributed by atoms with Crippen molar-refractivity contribution in [2.45, 2.75) is 51.6 Å². The molecule has 2 aliphatic heterocycles. The average Bonchev–Trinajstić information content (AvgIpc) is 3.13. The molecule has 2 aromatic rings. The Morgan fingerprint density at radius 2 is 1.90 bits per heavy atom. The molecule has 8 nitrogen and oxygen atoms in total. The van der Waals surface area contributed by atoms with Gasteiger partial charge in [0.05, 0.1) is 13.2 Å². The van der Waals surface area contributed by atoms with Gasteiger partial charge in [-0.2, -0.15) is 15.0 Å². The van der Waals surface area contributed by atoms with E-state index < -0.39 is 0 Å². The van der Waals surface area contributed by atoms with E-state index in [1.165, 1.54) is 31.9 Å². The van der Waals surface area contributed by atoms with E-state index in [0.29, 0.717) is 31.4 Å². The summed E-state index contributed by atoms with van der Waals surface area (Å²) in [4.78, 5) is 29.4. The summed E-state index contributed by atoms with van der Waals surface area (Å²) in [6, 6.07) is 4.83. The van der Waals surface area contributed by atoms with Gasteiger partial charge >= 0.3 is 6.01 Å². The molecule has 1 unspecified atom stereocenters. The van der Waals surface area contributed by atoms with Crippen LogP contribution in [0.2, 0.25) is 0 Å². The number of rotatable bonds is 4. The summed E-state index contributed by atoms with van der Waals surface area (Å²) in [5.41, 5.74) is 1.74. The molecule has 1 aromatic carbocycles. The summed E-state index contributed by atoms with van der Waals surface area (Å²) in [6.45, 7) is 4.30. The molecule has 1 saturated heterocycles. The largest absolute Gasteiger partial charge is 0.467 e. The van der Waals surface area contributed by atoms with Crippen LogP contribution in [0.3, 0.4) is 0 Å². The molecule has 0 aliphatic carbocycles. The maximum atomic E-state index is 13.9. The number of carbonyl (C=O) groups is 1. The molecule has 166 valence electrons. The number of fused-ring (bicyclic) bond motifs is 1. The minimum atomic E-state index is -0.312. The highest BCUT2D eigenvalue weighted by molar-refractivity contribution is 5.73. The third-order valence-electron chi connectivity index (χ3n) is 5.95. The van der Waals surface area contributed by atoms with Crippen molar-refractivity contribution in [3.63, 3.8) is 0 Å². The smallest absolute Gasteiger partial charge is 0.322 e. The van der Waals surface area contributed by atoms with Crippen LogP contribution >= 0.6 is 0 Å². The van der Waals surface area contributed by atoms with Crippen LogP contribution in [-0.4, -0.2) is 52.5 Å². The number of ether oxygens (including phenoxy) is 1. The summed E-state index contributed by atoms with van der Waals surface area (Å²) < 4.78 is 19.3. The summed E-state index contributed by atoms with van der Waals surface area (Å²) >= 11 is 0. The van der Waals surface area contributed by atoms with Gasteiger partial charge in [-0.1, -0.05) is 18.9 Å². The zero-order chi connectivity index (χ0) is 21.8. The lowest BCUT2D eigenvalue weighted by atomic mass is 9.99. The molecule has 1 fully saturated rings. The van der Waals surface area contributed by atoms with Crippen LogP contribution in [0.25, 0.3) is 0 Å². The van der Waals surface area contributed by atoms with Gasteiger partial charge in [-0.05, 0) is 42.5 Å². The number of hydrogen-bond acceptors (Lipinski definition) is 7. The third kappa shape index (κ3) is 5.03. The molecule has 31 heavy (non-hydrogen) atoms. The van der Waals surface area contributed by atoms with E-state index in [1.54, 1.807) is 18.1 Å². The molecule has 1 aromatic heterocycles. The Balaban J connectivity index is 1.63. The second-order valence-electron chi connectivity index (χ2n) is 8.12. The van der Waals surface area contributed by atoms with Crippen LogP contribution in [0.15, 0.2) is 18.2 Å². The first kappa shape index (κ1) is 21.3. The Bertz CT molecular complexity index is 932. The predicted molar refractivity (Wildman–Crippen MR) is 116 cm³/mol. The first-order chi connectivity index (χ1) is 15.0. The fourth-order valence-electron chi connectivity index (χ4n) is 4.26. The highest BCUT2D eigenvalue weighted by atomic mass is 19.1. The second kappa shape index (κ2) is 9.45. The van der Waals surface area contributed by atoms with Crippen molar-refractivity contribution < 1.29 is 13.9 Å². The number of methoxy groups -OCH3 is 1. The van der Waals surface area contributed by atoms with Gasteiger partial charge in [0, 0.05) is 33.1 Å². The number of anilines is 2. The Kier molecular flexibility index (Phi) is 6.48. The van der Waals surface area contributed by atoms with E-state index in [-0.39, 0.29) is 23.8 Å². The highest BCUT2D eigenvalue weighted by Crippen LogP contribution is 2.30. The van der Waals surface area contributed by atoms with Crippen molar-refractivity contribution in [1.82, 2.24) is 19.9 Å². The average molecular weight is 429 g/mol. The maximum Gasteiger partial charge on any atom is 0.322 e. The molecule has 1 atom stereocenters. The Morgan fingerprint density at radius 1 is 1.13 bits per heavy atom. The number of hydrogen-bond donors (Lipinski definition) is 1. The van der Waals surface area contributed by atoms with Crippen LogP contribution in [0, 0.1) is 5.82 Å². The number of benzene rings is 1. The van der Waals surface area contributed by atoms with E-state index in [9.17, 15) is 9.18 Å². The monoisotopic (exact) mass is 428 g/mol. The molecule has 1 N–H and O–H groups in total. The van der Waals surface area contributed by atoms with Gasteiger partial charge in [0.15, 0.2) is 0 Å². The number of nitrogens with zero attached hydrogens (tertiary/aromatic N) is 5. The van der Waals surface area contributed by atoms with Crippen LogP contribution in [0.4, 0.5) is 16.3 Å². The highest BCUT2D eigenvalue weighted by Gasteiger charge is 2.25. The molecule has 1 amide bonds. The van der Waals surface area contributed by atoms with Gasteiger partial charge in [-0.25, -0.2) is 4.39 Å². The summed E-state index contributed by atoms with van der Waals surface area (Å²) in [7, 11) is 1.54. The van der Waals surface area contributed by atoms with Gasteiger partial charge in [0.1, 0.15) is 5.82 Å². The second-order valence-corrected chi connectivity index (χ2v) is 8.12. The van der Waals surface area contributed by atoms with Gasteiger partial charge in [-0.15, -0.1) is 0 Å². The number of carbonyl (C=O) groups excluding carboxylic acids is 1. The normalized spacial score (nSPS) is 19.3. The number of nitrogens with one attached hydrogen (secondary N) is 1. The first-order valence-corrected chi connectivity index (χ1v) is 10.9. The Hall–Kier alpha value is -2.97. The molecule has 3 heterocycles. The molecule has 2 aliphatic rings. The van der Waals surface area contributed by atoms with E-state index in [0.717, 1.165) is 37.1 Å². The standard InChI is InChI=1S/C22H29FN6O2/c1-15(30)29-12-9-19(18-8-7-17(23)13-16(18)14-29)24-20-25-21(27-22(26-20)31-2)28-10-5-3-4-6-11-28/h7-8,13,19H,3-6,9-12,14H2,1-2H3,(H,24,25,26,27). The van der Waals surface area contributed by atoms with Crippen molar-refractivity contribution in [1.29, 1.82) is 0 Å². The molecule has 0 saturated carbocycles. The Morgan fingerprint density at radius 3 is 2.61 bits per heavy atom. The van der Waals surface area contributed by atoms with E-state index in [1.807, 2.05) is 0 Å². The number of halogens is 1. The summed E-state index contributed by atoms with van der Waals surface area (Å²) in [5, 5.41) is 3.40. The lowest BCUT2D eigenvalue weighted by Gasteiger charge is -2.23. The molecular formula is C22H29FN6O2. The quantitative estimate of drug-likeness (QED) is 0.800. The topological polar surface area (TPSA) is 83.5 Å². The van der Waals surface area contributed by atoms with Crippen LogP contribution in [0.5, 0.6) is 6.01 Å². The van der Waals surface area contributed by atoms with Crippen LogP contribution < -0.4 is 15.0 Å². The number of aromatic nitrogens is 3. The van der Waals surface area contributed by atoms with E-state index in [2.05, 4.69) is 25.2 Å². The van der Waals surface area contributed by atoms with Gasteiger partial charge in [-0.3, -0.25) is 4.79 Å². The predicted octanol–water partition coefficient (Wildman–Crippen LogP) is 3.31. The SMILES string of the molecule is COc1nc(NC2CCN(C(C)=O)Cc3cc(F)ccc32)nc(N2CCCCCC2)n1. The van der Waals surface area contributed by atoms with Crippen LogP contribution in [-0.2, 0) is 11.3 Å².